The van der Waals surface area contributed by atoms with Gasteiger partial charge in [0, 0.05) is 23.2 Å². The lowest BCUT2D eigenvalue weighted by atomic mass is 10.1. The van der Waals surface area contributed by atoms with E-state index >= 15 is 0 Å². The Balaban J connectivity index is 1.38. The first kappa shape index (κ1) is 23.1. The molecule has 0 radical (unpaired) electrons. The van der Waals surface area contributed by atoms with Gasteiger partial charge in [0.05, 0.1) is 6.61 Å². The van der Waals surface area contributed by atoms with Crippen molar-refractivity contribution < 1.29 is 18.7 Å². The molecule has 0 atom stereocenters. The molecule has 0 unspecified atom stereocenters. The van der Waals surface area contributed by atoms with Crippen LogP contribution in [0.1, 0.15) is 39.9 Å². The number of carbonyl (C=O) groups excluding carboxylic acids is 1. The highest BCUT2D eigenvalue weighted by molar-refractivity contribution is 5.94. The Labute approximate surface area is 199 Å². The topological polar surface area (TPSA) is 73.6 Å². The Kier molecular flexibility index (Phi) is 7.28. The maximum absolute atomic E-state index is 12.6. The third-order valence-corrected chi connectivity index (χ3v) is 5.40. The van der Waals surface area contributed by atoms with Crippen LogP contribution in [0.3, 0.4) is 0 Å². The summed E-state index contributed by atoms with van der Waals surface area (Å²) in [6.07, 6.45) is 0. The molecule has 0 bridgehead atoms. The van der Waals surface area contributed by atoms with Crippen LogP contribution in [0.2, 0.25) is 0 Å². The number of hydrogen-bond donors (Lipinski definition) is 1. The van der Waals surface area contributed by atoms with Gasteiger partial charge in [0.1, 0.15) is 29.6 Å². The number of carbonyl (C=O) groups is 1. The zero-order chi connectivity index (χ0) is 23.9. The third kappa shape index (κ3) is 5.64. The van der Waals surface area contributed by atoms with E-state index in [1.54, 1.807) is 12.1 Å². The fraction of sp³-hybridized carbons (Fsp3) is 0.214. The van der Waals surface area contributed by atoms with Gasteiger partial charge in [-0.25, -0.2) is 4.98 Å². The lowest BCUT2D eigenvalue weighted by Crippen LogP contribution is -2.23. The Morgan fingerprint density at radius 1 is 0.941 bits per heavy atom. The maximum Gasteiger partial charge on any atom is 0.251 e. The molecule has 0 aliphatic rings. The van der Waals surface area contributed by atoms with E-state index in [1.165, 1.54) is 5.56 Å². The Bertz CT molecular complexity index is 1240. The van der Waals surface area contributed by atoms with E-state index < -0.39 is 0 Å². The van der Waals surface area contributed by atoms with Crippen molar-refractivity contribution in [3.05, 3.63) is 101 Å². The number of benzene rings is 3. The van der Waals surface area contributed by atoms with Crippen LogP contribution >= 0.6 is 0 Å². The highest BCUT2D eigenvalue weighted by Crippen LogP contribution is 2.24. The molecule has 174 valence electrons. The van der Waals surface area contributed by atoms with Crippen LogP contribution in [0.4, 0.5) is 0 Å². The normalized spacial score (nSPS) is 10.7. The molecular weight excluding hydrogens is 428 g/mol. The quantitative estimate of drug-likeness (QED) is 0.341. The number of aromatic nitrogens is 1. The summed E-state index contributed by atoms with van der Waals surface area (Å²) in [4.78, 5) is 17.2. The van der Waals surface area contributed by atoms with E-state index in [9.17, 15) is 4.79 Å². The van der Waals surface area contributed by atoms with Gasteiger partial charge in [-0.15, -0.1) is 0 Å². The van der Waals surface area contributed by atoms with Crippen molar-refractivity contribution in [1.29, 1.82) is 0 Å². The number of oxazole rings is 1. The zero-order valence-electron chi connectivity index (χ0n) is 19.6. The van der Waals surface area contributed by atoms with E-state index in [0.717, 1.165) is 28.3 Å². The molecule has 0 spiro atoms. The maximum atomic E-state index is 12.6. The van der Waals surface area contributed by atoms with Gasteiger partial charge in [-0.1, -0.05) is 35.9 Å². The summed E-state index contributed by atoms with van der Waals surface area (Å²) in [7, 11) is 0. The van der Waals surface area contributed by atoms with Crippen molar-refractivity contribution in [3.8, 4) is 23.0 Å². The fourth-order valence-electron chi connectivity index (χ4n) is 3.46. The molecular formula is C28H28N2O4. The molecule has 4 rings (SSSR count). The number of hydrogen-bond acceptors (Lipinski definition) is 5. The van der Waals surface area contributed by atoms with Gasteiger partial charge in [-0.2, -0.15) is 0 Å². The Morgan fingerprint density at radius 3 is 2.41 bits per heavy atom. The van der Waals surface area contributed by atoms with E-state index in [0.29, 0.717) is 37.0 Å². The second-order valence-corrected chi connectivity index (χ2v) is 7.92. The number of nitrogens with one attached hydrogen (secondary N) is 1. The van der Waals surface area contributed by atoms with E-state index in [1.807, 2.05) is 81.4 Å². The van der Waals surface area contributed by atoms with Gasteiger partial charge in [0.25, 0.3) is 5.91 Å². The third-order valence-electron chi connectivity index (χ3n) is 5.40. The predicted octanol–water partition coefficient (Wildman–Crippen LogP) is 5.87. The van der Waals surface area contributed by atoms with E-state index in [-0.39, 0.29) is 5.91 Å². The molecule has 0 saturated heterocycles. The Morgan fingerprint density at radius 2 is 1.68 bits per heavy atom. The second-order valence-electron chi connectivity index (χ2n) is 7.92. The van der Waals surface area contributed by atoms with Crippen LogP contribution in [-0.2, 0) is 13.2 Å². The average molecular weight is 457 g/mol. The van der Waals surface area contributed by atoms with Gasteiger partial charge in [-0.3, -0.25) is 4.79 Å². The molecule has 3 aromatic carbocycles. The molecule has 34 heavy (non-hydrogen) atoms. The molecule has 0 saturated carbocycles. The molecule has 0 aliphatic heterocycles. The second kappa shape index (κ2) is 10.7. The van der Waals surface area contributed by atoms with E-state index in [2.05, 4.69) is 10.3 Å². The SMILES string of the molecule is CCOc1ccccc1CNC(=O)c1ccc(-c2nc(COc3ccc(C)cc3)c(C)o2)cc1. The summed E-state index contributed by atoms with van der Waals surface area (Å²) in [5.41, 5.74) is 4.21. The van der Waals surface area contributed by atoms with Crippen molar-refractivity contribution in [2.45, 2.75) is 33.9 Å². The zero-order valence-corrected chi connectivity index (χ0v) is 19.6. The summed E-state index contributed by atoms with van der Waals surface area (Å²) in [5, 5.41) is 2.95. The van der Waals surface area contributed by atoms with Crippen LogP contribution in [0.25, 0.3) is 11.5 Å². The molecule has 0 aliphatic carbocycles. The van der Waals surface area contributed by atoms with Gasteiger partial charge < -0.3 is 19.2 Å². The first-order valence-corrected chi connectivity index (χ1v) is 11.3. The van der Waals surface area contributed by atoms with Crippen molar-refractivity contribution in [2.75, 3.05) is 6.61 Å². The summed E-state index contributed by atoms with van der Waals surface area (Å²) >= 11 is 0. The first-order valence-electron chi connectivity index (χ1n) is 11.3. The molecule has 1 aromatic heterocycles. The van der Waals surface area contributed by atoms with Crippen LogP contribution < -0.4 is 14.8 Å². The number of ether oxygens (including phenoxy) is 2. The number of nitrogens with zero attached hydrogens (tertiary/aromatic N) is 1. The highest BCUT2D eigenvalue weighted by Gasteiger charge is 2.14. The Hall–Kier alpha value is -4.06. The minimum atomic E-state index is -0.159. The number of rotatable bonds is 9. The van der Waals surface area contributed by atoms with Crippen LogP contribution in [0.15, 0.2) is 77.2 Å². The average Bonchev–Trinajstić information content (AvgIpc) is 3.23. The summed E-state index contributed by atoms with van der Waals surface area (Å²) in [5.74, 6) is 2.61. The van der Waals surface area contributed by atoms with Crippen molar-refractivity contribution in [1.82, 2.24) is 10.3 Å². The summed E-state index contributed by atoms with van der Waals surface area (Å²) < 4.78 is 17.3. The van der Waals surface area contributed by atoms with Crippen molar-refractivity contribution >= 4 is 5.91 Å². The smallest absolute Gasteiger partial charge is 0.251 e. The molecule has 6 heteroatoms. The van der Waals surface area contributed by atoms with Crippen molar-refractivity contribution in [2.24, 2.45) is 0 Å². The fourth-order valence-corrected chi connectivity index (χ4v) is 3.46. The van der Waals surface area contributed by atoms with Crippen LogP contribution in [0, 0.1) is 13.8 Å². The van der Waals surface area contributed by atoms with Gasteiger partial charge in [0.15, 0.2) is 0 Å². The minimum absolute atomic E-state index is 0.159. The molecule has 1 amide bonds. The largest absolute Gasteiger partial charge is 0.494 e. The van der Waals surface area contributed by atoms with E-state index in [4.69, 9.17) is 13.9 Å². The standard InChI is InChI=1S/C28H28N2O4/c1-4-32-26-8-6-5-7-23(26)17-29-27(31)21-11-13-22(14-12-21)28-30-25(20(3)34-28)18-33-24-15-9-19(2)10-16-24/h5-16H,4,17-18H2,1-3H3,(H,29,31). The number of para-hydroxylation sites is 1. The molecule has 0 fully saturated rings. The van der Waals surface area contributed by atoms with Gasteiger partial charge in [0.2, 0.25) is 5.89 Å². The van der Waals surface area contributed by atoms with Crippen LogP contribution in [0.5, 0.6) is 11.5 Å². The first-order chi connectivity index (χ1) is 16.5. The summed E-state index contributed by atoms with van der Waals surface area (Å²) in [6, 6.07) is 22.8. The lowest BCUT2D eigenvalue weighted by molar-refractivity contribution is 0.0950. The monoisotopic (exact) mass is 456 g/mol. The molecule has 4 aromatic rings. The lowest BCUT2D eigenvalue weighted by Gasteiger charge is -2.11. The van der Waals surface area contributed by atoms with Crippen molar-refractivity contribution in [3.63, 3.8) is 0 Å². The highest BCUT2D eigenvalue weighted by atomic mass is 16.5. The minimum Gasteiger partial charge on any atom is -0.494 e. The number of amides is 1. The number of aryl methyl sites for hydroxylation is 2. The molecule has 6 nitrogen and oxygen atoms in total. The molecule has 1 heterocycles. The molecule has 1 N–H and O–H groups in total. The summed E-state index contributed by atoms with van der Waals surface area (Å²) in [6.45, 7) is 7.13. The van der Waals surface area contributed by atoms with Gasteiger partial charge >= 0.3 is 0 Å². The predicted molar refractivity (Wildman–Crippen MR) is 131 cm³/mol. The van der Waals surface area contributed by atoms with Gasteiger partial charge in [-0.05, 0) is 63.2 Å². The van der Waals surface area contributed by atoms with Crippen LogP contribution in [-0.4, -0.2) is 17.5 Å².